The van der Waals surface area contributed by atoms with E-state index in [2.05, 4.69) is 9.55 Å². The van der Waals surface area contributed by atoms with Gasteiger partial charge >= 0.3 is 0 Å². The van der Waals surface area contributed by atoms with Crippen LogP contribution in [0.1, 0.15) is 18.7 Å². The molecule has 2 rings (SSSR count). The van der Waals surface area contributed by atoms with Gasteiger partial charge in [-0.15, -0.1) is 0 Å². The quantitative estimate of drug-likeness (QED) is 0.776. The van der Waals surface area contributed by atoms with E-state index in [1.165, 1.54) is 0 Å². The molecule has 0 bridgehead atoms. The van der Waals surface area contributed by atoms with E-state index in [1.807, 2.05) is 25.1 Å². The van der Waals surface area contributed by atoms with Crippen molar-refractivity contribution in [3.8, 4) is 0 Å². The van der Waals surface area contributed by atoms with Crippen LogP contribution in [-0.2, 0) is 11.3 Å². The molecule has 2 aromatic rings. The van der Waals surface area contributed by atoms with Crippen LogP contribution in [0.4, 0.5) is 5.69 Å². The maximum absolute atomic E-state index is 10.7. The second-order valence-electron chi connectivity index (χ2n) is 4.13. The highest BCUT2D eigenvalue weighted by atomic mass is 16.1. The minimum absolute atomic E-state index is 0.267. The number of rotatable bonds is 4. The first kappa shape index (κ1) is 11.4. The third kappa shape index (κ3) is 2.38. The molecule has 5 nitrogen and oxygen atoms in total. The van der Waals surface area contributed by atoms with Crippen LogP contribution in [0.2, 0.25) is 0 Å². The smallest absolute Gasteiger partial charge is 0.217 e. The topological polar surface area (TPSA) is 86.9 Å². The van der Waals surface area contributed by atoms with Gasteiger partial charge in [0.25, 0.3) is 0 Å². The van der Waals surface area contributed by atoms with Gasteiger partial charge in [0, 0.05) is 18.7 Å². The molecule has 0 atom stereocenters. The summed E-state index contributed by atoms with van der Waals surface area (Å²) in [4.78, 5) is 15.1. The lowest BCUT2D eigenvalue weighted by molar-refractivity contribution is -0.118. The molecule has 0 unspecified atom stereocenters. The Kier molecular flexibility index (Phi) is 2.99. The first-order valence-corrected chi connectivity index (χ1v) is 5.58. The molecule has 0 fully saturated rings. The number of amides is 1. The largest absolute Gasteiger partial charge is 0.399 e. The minimum atomic E-state index is -0.267. The fourth-order valence-corrected chi connectivity index (χ4v) is 1.96. The van der Waals surface area contributed by atoms with E-state index in [0.29, 0.717) is 12.1 Å². The normalized spacial score (nSPS) is 10.9. The van der Waals surface area contributed by atoms with Crippen molar-refractivity contribution >= 4 is 22.6 Å². The SMILES string of the molecule is Cc1nc2cc(N)ccc2n1CCCC(N)=O. The van der Waals surface area contributed by atoms with Crippen molar-refractivity contribution < 1.29 is 4.79 Å². The summed E-state index contributed by atoms with van der Waals surface area (Å²) in [6.45, 7) is 2.69. The predicted octanol–water partition coefficient (Wildman–Crippen LogP) is 1.19. The highest BCUT2D eigenvalue weighted by Gasteiger charge is 2.07. The molecule has 0 aliphatic heterocycles. The van der Waals surface area contributed by atoms with Gasteiger partial charge in [0.15, 0.2) is 0 Å². The molecular weight excluding hydrogens is 216 g/mol. The van der Waals surface area contributed by atoms with Crippen molar-refractivity contribution in [1.29, 1.82) is 0 Å². The number of nitrogen functional groups attached to an aromatic ring is 1. The molecule has 90 valence electrons. The molecule has 5 heteroatoms. The summed E-state index contributed by atoms with van der Waals surface area (Å²) >= 11 is 0. The number of carbonyl (C=O) groups is 1. The van der Waals surface area contributed by atoms with Gasteiger partial charge in [-0.05, 0) is 31.5 Å². The van der Waals surface area contributed by atoms with Gasteiger partial charge in [0.1, 0.15) is 5.82 Å². The van der Waals surface area contributed by atoms with E-state index in [0.717, 1.165) is 29.8 Å². The second kappa shape index (κ2) is 4.45. The van der Waals surface area contributed by atoms with E-state index in [-0.39, 0.29) is 5.91 Å². The van der Waals surface area contributed by atoms with Crippen LogP contribution < -0.4 is 11.5 Å². The van der Waals surface area contributed by atoms with E-state index in [9.17, 15) is 4.79 Å². The van der Waals surface area contributed by atoms with E-state index in [4.69, 9.17) is 11.5 Å². The molecule has 0 spiro atoms. The molecule has 0 aliphatic rings. The molecule has 1 heterocycles. The number of fused-ring (bicyclic) bond motifs is 1. The number of nitrogens with zero attached hydrogens (tertiary/aromatic N) is 2. The third-order valence-corrected chi connectivity index (χ3v) is 2.77. The molecule has 4 N–H and O–H groups in total. The van der Waals surface area contributed by atoms with Crippen LogP contribution in [0.25, 0.3) is 11.0 Å². The fraction of sp³-hybridized carbons (Fsp3) is 0.333. The Bertz CT molecular complexity index is 559. The number of aromatic nitrogens is 2. The molecule has 0 saturated carbocycles. The monoisotopic (exact) mass is 232 g/mol. The number of benzene rings is 1. The van der Waals surface area contributed by atoms with Gasteiger partial charge in [-0.2, -0.15) is 0 Å². The Morgan fingerprint density at radius 3 is 2.94 bits per heavy atom. The second-order valence-corrected chi connectivity index (χ2v) is 4.13. The average Bonchev–Trinajstić information content (AvgIpc) is 2.54. The van der Waals surface area contributed by atoms with Crippen LogP contribution in [0.15, 0.2) is 18.2 Å². The van der Waals surface area contributed by atoms with Gasteiger partial charge in [-0.25, -0.2) is 4.98 Å². The molecule has 0 radical (unpaired) electrons. The highest BCUT2D eigenvalue weighted by molar-refractivity contribution is 5.79. The Morgan fingerprint density at radius 1 is 1.47 bits per heavy atom. The number of imidazole rings is 1. The summed E-state index contributed by atoms with van der Waals surface area (Å²) in [5.74, 6) is 0.659. The zero-order valence-corrected chi connectivity index (χ0v) is 9.81. The predicted molar refractivity (Wildman–Crippen MR) is 67.3 cm³/mol. The van der Waals surface area contributed by atoms with E-state index >= 15 is 0 Å². The Hall–Kier alpha value is -2.04. The van der Waals surface area contributed by atoms with Crippen molar-refractivity contribution in [2.24, 2.45) is 5.73 Å². The van der Waals surface area contributed by atoms with Crippen molar-refractivity contribution in [3.63, 3.8) is 0 Å². The Balaban J connectivity index is 2.27. The summed E-state index contributed by atoms with van der Waals surface area (Å²) in [5, 5.41) is 0. The van der Waals surface area contributed by atoms with Crippen molar-refractivity contribution in [2.75, 3.05) is 5.73 Å². The van der Waals surface area contributed by atoms with Gasteiger partial charge in [0.2, 0.25) is 5.91 Å². The summed E-state index contributed by atoms with van der Waals surface area (Å²) in [6.07, 6.45) is 1.13. The average molecular weight is 232 g/mol. The lowest BCUT2D eigenvalue weighted by atomic mass is 10.2. The number of aryl methyl sites for hydroxylation is 2. The lowest BCUT2D eigenvalue weighted by Gasteiger charge is -2.05. The summed E-state index contributed by atoms with van der Waals surface area (Å²) in [6, 6.07) is 5.66. The number of carbonyl (C=O) groups excluding carboxylic acids is 1. The molecular formula is C12H16N4O. The zero-order chi connectivity index (χ0) is 12.4. The fourth-order valence-electron chi connectivity index (χ4n) is 1.96. The van der Waals surface area contributed by atoms with Gasteiger partial charge in [-0.3, -0.25) is 4.79 Å². The molecule has 0 saturated heterocycles. The molecule has 1 aromatic heterocycles. The van der Waals surface area contributed by atoms with Crippen LogP contribution >= 0.6 is 0 Å². The lowest BCUT2D eigenvalue weighted by Crippen LogP contribution is -2.11. The number of hydrogen-bond acceptors (Lipinski definition) is 3. The summed E-state index contributed by atoms with van der Waals surface area (Å²) < 4.78 is 2.08. The van der Waals surface area contributed by atoms with Crippen LogP contribution in [0.5, 0.6) is 0 Å². The van der Waals surface area contributed by atoms with Gasteiger partial charge in [0.05, 0.1) is 11.0 Å². The molecule has 0 aliphatic carbocycles. The third-order valence-electron chi connectivity index (χ3n) is 2.77. The van der Waals surface area contributed by atoms with Crippen LogP contribution in [0, 0.1) is 6.92 Å². The summed E-state index contributed by atoms with van der Waals surface area (Å²) in [5.41, 5.74) is 13.5. The van der Waals surface area contributed by atoms with Crippen molar-refractivity contribution in [1.82, 2.24) is 9.55 Å². The maximum atomic E-state index is 10.7. The first-order chi connectivity index (χ1) is 8.08. The standard InChI is InChI=1S/C12H16N4O/c1-8-15-10-7-9(13)4-5-11(10)16(8)6-2-3-12(14)17/h4-5,7H,2-3,6,13H2,1H3,(H2,14,17). The maximum Gasteiger partial charge on any atom is 0.217 e. The summed E-state index contributed by atoms with van der Waals surface area (Å²) in [7, 11) is 0. The highest BCUT2D eigenvalue weighted by Crippen LogP contribution is 2.19. The number of hydrogen-bond donors (Lipinski definition) is 2. The number of primary amides is 1. The Morgan fingerprint density at radius 2 is 2.24 bits per heavy atom. The van der Waals surface area contributed by atoms with Gasteiger partial charge < -0.3 is 16.0 Å². The zero-order valence-electron chi connectivity index (χ0n) is 9.81. The van der Waals surface area contributed by atoms with Crippen LogP contribution in [-0.4, -0.2) is 15.5 Å². The minimum Gasteiger partial charge on any atom is -0.399 e. The van der Waals surface area contributed by atoms with Crippen molar-refractivity contribution in [2.45, 2.75) is 26.3 Å². The molecule has 17 heavy (non-hydrogen) atoms. The van der Waals surface area contributed by atoms with E-state index in [1.54, 1.807) is 0 Å². The Labute approximate surface area is 99.4 Å². The number of anilines is 1. The first-order valence-electron chi connectivity index (χ1n) is 5.58. The van der Waals surface area contributed by atoms with E-state index < -0.39 is 0 Å². The molecule has 1 aromatic carbocycles. The van der Waals surface area contributed by atoms with Crippen molar-refractivity contribution in [3.05, 3.63) is 24.0 Å². The van der Waals surface area contributed by atoms with Crippen LogP contribution in [0.3, 0.4) is 0 Å². The van der Waals surface area contributed by atoms with Gasteiger partial charge in [-0.1, -0.05) is 0 Å². The number of nitrogens with two attached hydrogens (primary N) is 2. The molecule has 1 amide bonds.